The van der Waals surface area contributed by atoms with Crippen molar-refractivity contribution >= 4 is 11.8 Å². The Morgan fingerprint density at radius 1 is 1.33 bits per heavy atom. The average Bonchev–Trinajstić information content (AvgIpc) is 2.85. The third-order valence-corrected chi connectivity index (χ3v) is 3.91. The summed E-state index contributed by atoms with van der Waals surface area (Å²) in [6.45, 7) is -2.72. The van der Waals surface area contributed by atoms with E-state index in [0.717, 1.165) is 38.2 Å². The summed E-state index contributed by atoms with van der Waals surface area (Å²) in [4.78, 5) is 22.4. The van der Waals surface area contributed by atoms with Gasteiger partial charge in [-0.3, -0.25) is 9.59 Å². The van der Waals surface area contributed by atoms with Gasteiger partial charge in [0.2, 0.25) is 0 Å². The van der Waals surface area contributed by atoms with Crippen LogP contribution in [0.2, 0.25) is 0 Å². The molecular formula is C18H28O3. The lowest BCUT2D eigenvalue weighted by molar-refractivity contribution is -0.137. The second-order valence-corrected chi connectivity index (χ2v) is 5.51. The smallest absolute Gasteiger partial charge is 0.303 e. The fourth-order valence-electron chi connectivity index (χ4n) is 2.74. The van der Waals surface area contributed by atoms with Gasteiger partial charge in [0.05, 0.1) is 0 Å². The number of allylic oxidation sites excluding steroid dienone is 4. The van der Waals surface area contributed by atoms with E-state index < -0.39 is 19.2 Å². The molecule has 0 saturated carbocycles. The van der Waals surface area contributed by atoms with Gasteiger partial charge in [-0.1, -0.05) is 50.8 Å². The zero-order valence-electron chi connectivity index (χ0n) is 17.4. The maximum Gasteiger partial charge on any atom is 0.303 e. The molecule has 0 radical (unpaired) electrons. The molecule has 3 heteroatoms. The van der Waals surface area contributed by atoms with Crippen molar-refractivity contribution < 1.29 is 21.5 Å². The molecule has 0 aromatic carbocycles. The second-order valence-electron chi connectivity index (χ2n) is 5.51. The van der Waals surface area contributed by atoms with Gasteiger partial charge in [-0.15, -0.1) is 0 Å². The number of hydrogen-bond donors (Lipinski definition) is 1. The minimum absolute atomic E-state index is 0.00977. The highest BCUT2D eigenvalue weighted by Crippen LogP contribution is 2.30. The number of ketones is 1. The summed E-state index contributed by atoms with van der Waals surface area (Å²) in [5.41, 5.74) is 0. The lowest BCUT2D eigenvalue weighted by Crippen LogP contribution is -2.15. The zero-order valence-corrected chi connectivity index (χ0v) is 12.4. The third-order valence-electron chi connectivity index (χ3n) is 3.91. The van der Waals surface area contributed by atoms with E-state index in [1.54, 1.807) is 6.08 Å². The van der Waals surface area contributed by atoms with E-state index in [9.17, 15) is 9.59 Å². The van der Waals surface area contributed by atoms with Crippen LogP contribution in [0.4, 0.5) is 0 Å². The van der Waals surface area contributed by atoms with Crippen LogP contribution in [0.15, 0.2) is 24.3 Å². The Hall–Kier alpha value is -1.38. The molecule has 1 aliphatic carbocycles. The topological polar surface area (TPSA) is 54.4 Å². The monoisotopic (exact) mass is 297 g/mol. The Bertz CT molecular complexity index is 537. The highest BCUT2D eigenvalue weighted by Gasteiger charge is 2.28. The Morgan fingerprint density at radius 2 is 2.10 bits per heavy atom. The largest absolute Gasteiger partial charge is 0.481 e. The first-order chi connectivity index (χ1) is 12.0. The molecule has 0 aromatic heterocycles. The predicted octanol–water partition coefficient (Wildman–Crippen LogP) is 4.53. The highest BCUT2D eigenvalue weighted by molar-refractivity contribution is 5.94. The van der Waals surface area contributed by atoms with Gasteiger partial charge >= 0.3 is 5.97 Å². The molecule has 2 atom stereocenters. The molecule has 3 nitrogen and oxygen atoms in total. The van der Waals surface area contributed by atoms with Crippen LogP contribution in [-0.2, 0) is 9.59 Å². The van der Waals surface area contributed by atoms with Crippen molar-refractivity contribution in [3.63, 3.8) is 0 Å². The molecule has 118 valence electrons. The van der Waals surface area contributed by atoms with E-state index in [1.807, 2.05) is 6.08 Å². The van der Waals surface area contributed by atoms with Crippen LogP contribution in [0.1, 0.15) is 71.4 Å². The molecule has 21 heavy (non-hydrogen) atoms. The minimum Gasteiger partial charge on any atom is -0.481 e. The van der Waals surface area contributed by atoms with Crippen molar-refractivity contribution in [1.82, 2.24) is 0 Å². The Labute approximate surface area is 135 Å². The van der Waals surface area contributed by atoms with Crippen LogP contribution >= 0.6 is 0 Å². The van der Waals surface area contributed by atoms with Crippen molar-refractivity contribution in [2.75, 3.05) is 0 Å². The summed E-state index contributed by atoms with van der Waals surface area (Å²) in [6, 6.07) is 0. The van der Waals surface area contributed by atoms with Crippen molar-refractivity contribution in [3.05, 3.63) is 24.3 Å². The molecule has 0 aliphatic heterocycles. The van der Waals surface area contributed by atoms with E-state index in [2.05, 4.69) is 0 Å². The highest BCUT2D eigenvalue weighted by atomic mass is 16.4. The molecule has 0 amide bonds. The molecule has 0 spiro atoms. The van der Waals surface area contributed by atoms with Crippen LogP contribution in [0.3, 0.4) is 0 Å². The molecule has 1 N–H and O–H groups in total. The maximum absolute atomic E-state index is 12.0. The first-order valence-electron chi connectivity index (χ1n) is 10.2. The summed E-state index contributed by atoms with van der Waals surface area (Å²) in [5.74, 6) is -0.899. The number of carboxylic acids is 1. The van der Waals surface area contributed by atoms with Gasteiger partial charge < -0.3 is 5.11 Å². The van der Waals surface area contributed by atoms with Crippen LogP contribution in [0.25, 0.3) is 0 Å². The van der Waals surface area contributed by atoms with Gasteiger partial charge in [0, 0.05) is 19.2 Å². The Morgan fingerprint density at radius 3 is 2.86 bits per heavy atom. The van der Waals surface area contributed by atoms with Crippen LogP contribution in [0, 0.1) is 11.8 Å². The fourth-order valence-corrected chi connectivity index (χ4v) is 2.74. The van der Waals surface area contributed by atoms with Crippen LogP contribution in [-0.4, -0.2) is 16.9 Å². The minimum atomic E-state index is -2.72. The molecule has 0 saturated heterocycles. The summed E-state index contributed by atoms with van der Waals surface area (Å²) < 4.78 is 36.6. The Kier molecular flexibility index (Phi) is 5.54. The zero-order chi connectivity index (χ0) is 19.8. The number of carboxylic acid groups (broad SMARTS) is 1. The van der Waals surface area contributed by atoms with E-state index in [1.165, 1.54) is 6.08 Å². The van der Waals surface area contributed by atoms with Gasteiger partial charge in [0.15, 0.2) is 5.78 Å². The Balaban J connectivity index is 2.37. The predicted molar refractivity (Wildman–Crippen MR) is 85.1 cm³/mol. The first kappa shape index (κ1) is 11.2. The summed E-state index contributed by atoms with van der Waals surface area (Å²) >= 11 is 0. The molecule has 0 aromatic rings. The summed E-state index contributed by atoms with van der Waals surface area (Å²) in [5, 5.41) is 8.58. The van der Waals surface area contributed by atoms with E-state index in [0.29, 0.717) is 12.8 Å². The molecule has 0 heterocycles. The van der Waals surface area contributed by atoms with E-state index in [-0.39, 0.29) is 24.0 Å². The molecule has 0 unspecified atom stereocenters. The SMILES string of the molecule is [2H]C([2H])([2H])C([2H])([2H])/C=C\C[C@@H]1C(=O)C=C[C@@H]1CCCCCCCC(=O)O. The molecule has 1 aliphatic rings. The maximum atomic E-state index is 12.0. The van der Waals surface area contributed by atoms with Gasteiger partial charge in [-0.2, -0.15) is 0 Å². The van der Waals surface area contributed by atoms with Gasteiger partial charge in [0.1, 0.15) is 0 Å². The normalized spacial score (nSPS) is 26.3. The van der Waals surface area contributed by atoms with Crippen molar-refractivity contribution in [1.29, 1.82) is 0 Å². The number of rotatable bonds is 11. The number of hydrogen-bond acceptors (Lipinski definition) is 2. The molecule has 0 bridgehead atoms. The van der Waals surface area contributed by atoms with Gasteiger partial charge in [-0.25, -0.2) is 0 Å². The lowest BCUT2D eigenvalue weighted by Gasteiger charge is -2.16. The summed E-state index contributed by atoms with van der Waals surface area (Å²) in [6.07, 6.45) is 9.47. The molecule has 0 fully saturated rings. The summed E-state index contributed by atoms with van der Waals surface area (Å²) in [7, 11) is 0. The fraction of sp³-hybridized carbons (Fsp3) is 0.667. The van der Waals surface area contributed by atoms with Gasteiger partial charge in [-0.05, 0) is 37.6 Å². The number of carbonyl (C=O) groups is 2. The van der Waals surface area contributed by atoms with Crippen LogP contribution in [0.5, 0.6) is 0 Å². The van der Waals surface area contributed by atoms with Gasteiger partial charge in [0.25, 0.3) is 0 Å². The molecule has 1 rings (SSSR count). The average molecular weight is 297 g/mol. The van der Waals surface area contributed by atoms with Crippen molar-refractivity contribution in [2.24, 2.45) is 11.8 Å². The number of carbonyl (C=O) groups excluding carboxylic acids is 1. The van der Waals surface area contributed by atoms with Crippen molar-refractivity contribution in [2.45, 2.75) is 64.6 Å². The third kappa shape index (κ3) is 7.26. The van der Waals surface area contributed by atoms with E-state index in [4.69, 9.17) is 12.0 Å². The second kappa shape index (κ2) is 10.4. The number of unbranched alkanes of at least 4 members (excludes halogenated alkanes) is 4. The van der Waals surface area contributed by atoms with Crippen molar-refractivity contribution in [3.8, 4) is 0 Å². The van der Waals surface area contributed by atoms with Crippen LogP contribution < -0.4 is 0 Å². The molecular weight excluding hydrogens is 264 g/mol. The lowest BCUT2D eigenvalue weighted by atomic mass is 9.87. The number of aliphatic carboxylic acids is 1. The standard InChI is InChI=1S/C18H28O3/c1-2-3-7-11-16-15(13-14-17(16)19)10-8-5-4-6-9-12-18(20)21/h3,7,13-16H,2,4-6,8-12H2,1H3,(H,20,21)/b7-3-/t15-,16-/m0/s1/i1D3,2D2. The quantitative estimate of drug-likeness (QED) is 0.450. The first-order valence-corrected chi connectivity index (χ1v) is 7.66. The van der Waals surface area contributed by atoms with E-state index >= 15 is 0 Å².